The minimum absolute atomic E-state index is 0.0392. The lowest BCUT2D eigenvalue weighted by Crippen LogP contribution is -2.40. The van der Waals surface area contributed by atoms with Gasteiger partial charge in [0.25, 0.3) is 10.0 Å². The third-order valence-corrected chi connectivity index (χ3v) is 4.90. The lowest BCUT2D eigenvalue weighted by molar-refractivity contribution is 0.257. The molecule has 2 N–H and O–H groups in total. The molecule has 0 aromatic carbocycles. The van der Waals surface area contributed by atoms with E-state index in [1.807, 2.05) is 0 Å². The van der Waals surface area contributed by atoms with Gasteiger partial charge in [-0.3, -0.25) is 0 Å². The highest BCUT2D eigenvalue weighted by Crippen LogP contribution is 2.29. The molecule has 1 heterocycles. The normalized spacial score (nSPS) is 29.4. The second-order valence-corrected chi connectivity index (χ2v) is 7.25. The van der Waals surface area contributed by atoms with Crippen LogP contribution >= 0.6 is 0 Å². The zero-order valence-electron chi connectivity index (χ0n) is 11.1. The highest BCUT2D eigenvalue weighted by Gasteiger charge is 2.28. The van der Waals surface area contributed by atoms with Crippen LogP contribution in [0.25, 0.3) is 0 Å². The first kappa shape index (κ1) is 13.5. The number of hydrogen-bond acceptors (Lipinski definition) is 3. The largest absolute Gasteiger partial charge is 0.332 e. The number of aryl methyl sites for hydroxylation is 1. The minimum Gasteiger partial charge on any atom is -0.332 e. The van der Waals surface area contributed by atoms with Crippen LogP contribution in [0.3, 0.4) is 0 Å². The maximum absolute atomic E-state index is 12.1. The molecule has 1 aliphatic rings. The average Bonchev–Trinajstić information content (AvgIpc) is 2.62. The van der Waals surface area contributed by atoms with Gasteiger partial charge in [0.15, 0.2) is 5.03 Å². The highest BCUT2D eigenvalue weighted by molar-refractivity contribution is 7.89. The fraction of sp³-hybridized carbons (Fsp3) is 0.750. The van der Waals surface area contributed by atoms with E-state index in [1.165, 1.54) is 12.6 Å². The van der Waals surface area contributed by atoms with Gasteiger partial charge in [0.2, 0.25) is 0 Å². The van der Waals surface area contributed by atoms with E-state index in [9.17, 15) is 8.42 Å². The van der Waals surface area contributed by atoms with Crippen molar-refractivity contribution in [3.63, 3.8) is 0 Å². The predicted molar refractivity (Wildman–Crippen MR) is 69.6 cm³/mol. The lowest BCUT2D eigenvalue weighted by atomic mass is 9.81. The molecular weight excluding hydrogens is 250 g/mol. The molecule has 2 rings (SSSR count). The van der Waals surface area contributed by atoms with E-state index >= 15 is 0 Å². The Hall–Kier alpha value is -0.880. The van der Waals surface area contributed by atoms with Gasteiger partial charge in [0.05, 0.1) is 6.20 Å². The molecule has 0 spiro atoms. The van der Waals surface area contributed by atoms with Crippen molar-refractivity contribution in [2.24, 2.45) is 11.8 Å². The molecule has 0 amide bonds. The standard InChI is InChI=1S/C12H21N3O2S/c1-8-4-9(2)6-11(5-8)15-18(16,17)12-7-13-10(3)14-12/h7-9,11,15H,4-6H2,1-3H3,(H,13,14). The van der Waals surface area contributed by atoms with Gasteiger partial charge in [-0.25, -0.2) is 18.1 Å². The molecule has 2 unspecified atom stereocenters. The second kappa shape index (κ2) is 5.01. The van der Waals surface area contributed by atoms with E-state index in [4.69, 9.17) is 0 Å². The number of sulfonamides is 1. The first-order valence-corrected chi connectivity index (χ1v) is 7.89. The van der Waals surface area contributed by atoms with E-state index in [-0.39, 0.29) is 11.1 Å². The monoisotopic (exact) mass is 271 g/mol. The molecule has 1 aliphatic carbocycles. The summed E-state index contributed by atoms with van der Waals surface area (Å²) >= 11 is 0. The Kier molecular flexibility index (Phi) is 3.77. The van der Waals surface area contributed by atoms with Gasteiger partial charge in [-0.1, -0.05) is 13.8 Å². The summed E-state index contributed by atoms with van der Waals surface area (Å²) in [5.41, 5.74) is 0. The molecular formula is C12H21N3O2S. The van der Waals surface area contributed by atoms with Crippen LogP contribution in [0.5, 0.6) is 0 Å². The molecule has 1 aromatic heterocycles. The van der Waals surface area contributed by atoms with Gasteiger partial charge < -0.3 is 4.98 Å². The zero-order chi connectivity index (χ0) is 13.3. The molecule has 0 bridgehead atoms. The van der Waals surface area contributed by atoms with Crippen molar-refractivity contribution in [3.05, 3.63) is 12.0 Å². The van der Waals surface area contributed by atoms with Crippen LogP contribution < -0.4 is 4.72 Å². The van der Waals surface area contributed by atoms with Crippen LogP contribution in [-0.2, 0) is 10.0 Å². The fourth-order valence-electron chi connectivity index (χ4n) is 2.86. The van der Waals surface area contributed by atoms with Crippen LogP contribution in [0.1, 0.15) is 38.9 Å². The van der Waals surface area contributed by atoms with E-state index < -0.39 is 10.0 Å². The second-order valence-electron chi connectivity index (χ2n) is 5.57. The van der Waals surface area contributed by atoms with Crippen molar-refractivity contribution in [1.82, 2.24) is 14.7 Å². The summed E-state index contributed by atoms with van der Waals surface area (Å²) in [5.74, 6) is 1.76. The van der Waals surface area contributed by atoms with Gasteiger partial charge in [-0.05, 0) is 38.0 Å². The van der Waals surface area contributed by atoms with Crippen LogP contribution in [0, 0.1) is 18.8 Å². The Morgan fingerprint density at radius 1 is 1.28 bits per heavy atom. The third kappa shape index (κ3) is 3.11. The Morgan fingerprint density at radius 3 is 2.39 bits per heavy atom. The van der Waals surface area contributed by atoms with Gasteiger partial charge in [-0.15, -0.1) is 0 Å². The lowest BCUT2D eigenvalue weighted by Gasteiger charge is -2.31. The average molecular weight is 271 g/mol. The molecule has 1 aromatic rings. The topological polar surface area (TPSA) is 74.8 Å². The summed E-state index contributed by atoms with van der Waals surface area (Å²) in [6.07, 6.45) is 4.38. The SMILES string of the molecule is Cc1ncc(S(=O)(=O)NC2CC(C)CC(C)C2)[nH]1. The summed E-state index contributed by atoms with van der Waals surface area (Å²) in [5, 5.41) is 0.158. The number of rotatable bonds is 3. The Bertz CT molecular complexity index is 499. The number of hydrogen-bond donors (Lipinski definition) is 2. The Labute approximate surface area is 108 Å². The summed E-state index contributed by atoms with van der Waals surface area (Å²) < 4.78 is 27.1. The van der Waals surface area contributed by atoms with Crippen LogP contribution in [-0.4, -0.2) is 24.4 Å². The molecule has 0 saturated heterocycles. The molecule has 6 heteroatoms. The third-order valence-electron chi connectivity index (χ3n) is 3.47. The smallest absolute Gasteiger partial charge is 0.257 e. The fourth-order valence-corrected chi connectivity index (χ4v) is 4.09. The van der Waals surface area contributed by atoms with Crippen LogP contribution in [0.15, 0.2) is 11.2 Å². The van der Waals surface area contributed by atoms with Crippen molar-refractivity contribution in [2.45, 2.75) is 51.1 Å². The van der Waals surface area contributed by atoms with E-state index in [1.54, 1.807) is 6.92 Å². The van der Waals surface area contributed by atoms with Gasteiger partial charge in [0.1, 0.15) is 5.82 Å². The molecule has 1 fully saturated rings. The molecule has 1 saturated carbocycles. The first-order chi connectivity index (χ1) is 8.37. The van der Waals surface area contributed by atoms with Crippen molar-refractivity contribution in [3.8, 4) is 0 Å². The number of aromatic nitrogens is 2. The molecule has 5 nitrogen and oxygen atoms in total. The van der Waals surface area contributed by atoms with E-state index in [2.05, 4.69) is 28.5 Å². The van der Waals surface area contributed by atoms with Gasteiger partial charge in [0, 0.05) is 6.04 Å². The number of H-pyrrole nitrogens is 1. The summed E-state index contributed by atoms with van der Waals surface area (Å²) in [6, 6.07) is 0.0392. The van der Waals surface area contributed by atoms with Crippen molar-refractivity contribution in [2.75, 3.05) is 0 Å². The maximum atomic E-state index is 12.1. The summed E-state index contributed by atoms with van der Waals surface area (Å²) in [6.45, 7) is 6.10. The van der Waals surface area contributed by atoms with E-state index in [0.717, 1.165) is 12.8 Å². The first-order valence-electron chi connectivity index (χ1n) is 6.40. The summed E-state index contributed by atoms with van der Waals surface area (Å²) in [7, 11) is -3.45. The molecule has 102 valence electrons. The van der Waals surface area contributed by atoms with Crippen molar-refractivity contribution >= 4 is 10.0 Å². The van der Waals surface area contributed by atoms with E-state index in [0.29, 0.717) is 17.7 Å². The minimum atomic E-state index is -3.45. The Morgan fingerprint density at radius 2 is 1.89 bits per heavy atom. The molecule has 0 aliphatic heterocycles. The molecule has 0 radical (unpaired) electrons. The molecule has 18 heavy (non-hydrogen) atoms. The van der Waals surface area contributed by atoms with Gasteiger partial charge >= 0.3 is 0 Å². The zero-order valence-corrected chi connectivity index (χ0v) is 11.9. The molecule has 2 atom stereocenters. The quantitative estimate of drug-likeness (QED) is 0.880. The number of nitrogens with zero attached hydrogens (tertiary/aromatic N) is 1. The predicted octanol–water partition coefficient (Wildman–Crippen LogP) is 1.82. The number of nitrogens with one attached hydrogen (secondary N) is 2. The number of imidazole rings is 1. The van der Waals surface area contributed by atoms with Crippen molar-refractivity contribution < 1.29 is 8.42 Å². The summed E-state index contributed by atoms with van der Waals surface area (Å²) in [4.78, 5) is 6.70. The van der Waals surface area contributed by atoms with Crippen molar-refractivity contribution in [1.29, 1.82) is 0 Å². The van der Waals surface area contributed by atoms with Crippen LogP contribution in [0.4, 0.5) is 0 Å². The highest BCUT2D eigenvalue weighted by atomic mass is 32.2. The maximum Gasteiger partial charge on any atom is 0.257 e. The Balaban J connectivity index is 2.08. The van der Waals surface area contributed by atoms with Gasteiger partial charge in [-0.2, -0.15) is 0 Å². The number of aromatic amines is 1. The van der Waals surface area contributed by atoms with Crippen LogP contribution in [0.2, 0.25) is 0 Å².